The minimum absolute atomic E-state index is 0.131. The number of rotatable bonds is 11. The second-order valence-electron chi connectivity index (χ2n) is 8.45. The van der Waals surface area contributed by atoms with Gasteiger partial charge in [0.15, 0.2) is 11.5 Å². The van der Waals surface area contributed by atoms with E-state index in [-0.39, 0.29) is 16.2 Å². The lowest BCUT2D eigenvalue weighted by Crippen LogP contribution is -2.18. The van der Waals surface area contributed by atoms with Crippen molar-refractivity contribution in [1.29, 1.82) is 0 Å². The number of carbonyl (C=O) groups excluding carboxylic acids is 2. The van der Waals surface area contributed by atoms with Gasteiger partial charge < -0.3 is 14.2 Å². The topological polar surface area (TPSA) is 132 Å². The molecule has 0 unspecified atom stereocenters. The SMILES string of the molecule is CCOc1ccc(C(=O)Oc2ccc(/C=N/NC(=O)c3ccc(NS(=O)(=O)c4ccccc4)cc3)cc2OC)cc1. The Morgan fingerprint density at radius 1 is 0.854 bits per heavy atom. The number of carbonyl (C=O) groups is 2. The maximum Gasteiger partial charge on any atom is 0.343 e. The Balaban J connectivity index is 1.34. The number of hydrogen-bond donors (Lipinski definition) is 2. The van der Waals surface area contributed by atoms with Gasteiger partial charge in [-0.15, -0.1) is 0 Å². The summed E-state index contributed by atoms with van der Waals surface area (Å²) in [6.07, 6.45) is 1.40. The van der Waals surface area contributed by atoms with Crippen LogP contribution in [-0.2, 0) is 10.0 Å². The van der Waals surface area contributed by atoms with Crippen LogP contribution in [-0.4, -0.2) is 40.2 Å². The maximum atomic E-state index is 12.5. The maximum absolute atomic E-state index is 12.5. The zero-order valence-corrected chi connectivity index (χ0v) is 23.1. The molecule has 0 atom stereocenters. The largest absolute Gasteiger partial charge is 0.494 e. The van der Waals surface area contributed by atoms with Gasteiger partial charge in [-0.2, -0.15) is 5.10 Å². The van der Waals surface area contributed by atoms with Crippen LogP contribution in [0, 0.1) is 0 Å². The number of amides is 1. The molecule has 210 valence electrons. The Morgan fingerprint density at radius 3 is 2.20 bits per heavy atom. The first-order chi connectivity index (χ1) is 19.8. The molecule has 4 aromatic carbocycles. The fourth-order valence-electron chi connectivity index (χ4n) is 3.59. The number of ether oxygens (including phenoxy) is 3. The third kappa shape index (κ3) is 7.70. The molecule has 0 aliphatic carbocycles. The van der Waals surface area contributed by atoms with Crippen molar-refractivity contribution in [3.63, 3.8) is 0 Å². The number of nitrogens with one attached hydrogen (secondary N) is 2. The Labute approximate surface area is 237 Å². The number of nitrogens with zero attached hydrogens (tertiary/aromatic N) is 1. The lowest BCUT2D eigenvalue weighted by Gasteiger charge is -2.10. The minimum Gasteiger partial charge on any atom is -0.494 e. The van der Waals surface area contributed by atoms with Crippen molar-refractivity contribution in [1.82, 2.24) is 5.43 Å². The van der Waals surface area contributed by atoms with Gasteiger partial charge >= 0.3 is 5.97 Å². The van der Waals surface area contributed by atoms with E-state index in [4.69, 9.17) is 14.2 Å². The van der Waals surface area contributed by atoms with Crippen LogP contribution in [0.4, 0.5) is 5.69 Å². The average molecular weight is 574 g/mol. The number of esters is 1. The molecule has 4 rings (SSSR count). The molecule has 0 radical (unpaired) electrons. The number of hydrazone groups is 1. The molecule has 0 aromatic heterocycles. The normalized spacial score (nSPS) is 11.1. The highest BCUT2D eigenvalue weighted by atomic mass is 32.2. The monoisotopic (exact) mass is 573 g/mol. The molecule has 0 saturated heterocycles. The molecule has 0 bridgehead atoms. The molecular weight excluding hydrogens is 546 g/mol. The van der Waals surface area contributed by atoms with Gasteiger partial charge in [-0.3, -0.25) is 9.52 Å². The number of sulfonamides is 1. The van der Waals surface area contributed by atoms with E-state index >= 15 is 0 Å². The van der Waals surface area contributed by atoms with Crippen molar-refractivity contribution >= 4 is 33.8 Å². The molecule has 2 N–H and O–H groups in total. The summed E-state index contributed by atoms with van der Waals surface area (Å²) < 4.78 is 43.6. The summed E-state index contributed by atoms with van der Waals surface area (Å²) in [4.78, 5) is 25.2. The van der Waals surface area contributed by atoms with Gasteiger partial charge in [0.25, 0.3) is 15.9 Å². The zero-order valence-electron chi connectivity index (χ0n) is 22.2. The Bertz CT molecular complexity index is 1640. The lowest BCUT2D eigenvalue weighted by molar-refractivity contribution is 0.0729. The van der Waals surface area contributed by atoms with E-state index < -0.39 is 21.9 Å². The van der Waals surface area contributed by atoms with E-state index in [1.165, 1.54) is 49.7 Å². The predicted molar refractivity (Wildman–Crippen MR) is 154 cm³/mol. The molecule has 0 heterocycles. The fraction of sp³-hybridized carbons (Fsp3) is 0.100. The Morgan fingerprint density at radius 2 is 1.54 bits per heavy atom. The fourth-order valence-corrected chi connectivity index (χ4v) is 4.67. The molecule has 0 spiro atoms. The second-order valence-corrected chi connectivity index (χ2v) is 10.1. The summed E-state index contributed by atoms with van der Waals surface area (Å²) in [6, 6.07) is 25.3. The zero-order chi connectivity index (χ0) is 29.2. The summed E-state index contributed by atoms with van der Waals surface area (Å²) in [6.45, 7) is 2.40. The Kier molecular flexibility index (Phi) is 9.33. The van der Waals surface area contributed by atoms with Crippen LogP contribution in [0.25, 0.3) is 0 Å². The molecule has 41 heavy (non-hydrogen) atoms. The van der Waals surface area contributed by atoms with Gasteiger partial charge in [0, 0.05) is 11.3 Å². The van der Waals surface area contributed by atoms with Crippen LogP contribution in [0.3, 0.4) is 0 Å². The van der Waals surface area contributed by atoms with Crippen molar-refractivity contribution in [3.8, 4) is 17.2 Å². The molecular formula is C30H27N3O7S. The summed E-state index contributed by atoms with van der Waals surface area (Å²) in [7, 11) is -2.30. The number of methoxy groups -OCH3 is 1. The summed E-state index contributed by atoms with van der Waals surface area (Å²) in [5.74, 6) is 0.120. The predicted octanol–water partition coefficient (Wildman–Crippen LogP) is 4.88. The van der Waals surface area contributed by atoms with Crippen LogP contribution in [0.1, 0.15) is 33.2 Å². The summed E-state index contributed by atoms with van der Waals surface area (Å²) >= 11 is 0. The van der Waals surface area contributed by atoms with E-state index in [1.807, 2.05) is 6.92 Å². The van der Waals surface area contributed by atoms with Crippen LogP contribution in [0.15, 0.2) is 107 Å². The van der Waals surface area contributed by atoms with Crippen molar-refractivity contribution < 1.29 is 32.2 Å². The van der Waals surface area contributed by atoms with E-state index in [0.717, 1.165) is 0 Å². The summed E-state index contributed by atoms with van der Waals surface area (Å²) in [5, 5.41) is 3.97. The van der Waals surface area contributed by atoms with E-state index in [0.29, 0.717) is 34.9 Å². The third-order valence-corrected chi connectivity index (χ3v) is 7.02. The molecule has 10 nitrogen and oxygen atoms in total. The van der Waals surface area contributed by atoms with Crippen LogP contribution in [0.5, 0.6) is 17.2 Å². The molecule has 4 aromatic rings. The quantitative estimate of drug-likeness (QED) is 0.113. The first-order valence-corrected chi connectivity index (χ1v) is 13.9. The smallest absolute Gasteiger partial charge is 0.343 e. The molecule has 1 amide bonds. The average Bonchev–Trinajstić information content (AvgIpc) is 2.99. The van der Waals surface area contributed by atoms with Gasteiger partial charge in [-0.1, -0.05) is 18.2 Å². The molecule has 0 fully saturated rings. The summed E-state index contributed by atoms with van der Waals surface area (Å²) in [5.41, 5.74) is 3.93. The van der Waals surface area contributed by atoms with E-state index in [2.05, 4.69) is 15.2 Å². The van der Waals surface area contributed by atoms with Crippen molar-refractivity contribution in [3.05, 3.63) is 114 Å². The lowest BCUT2D eigenvalue weighted by atomic mass is 10.2. The van der Waals surface area contributed by atoms with Gasteiger partial charge in [0.2, 0.25) is 0 Å². The number of hydrogen-bond acceptors (Lipinski definition) is 8. The number of anilines is 1. The molecule has 11 heteroatoms. The van der Waals surface area contributed by atoms with E-state index in [9.17, 15) is 18.0 Å². The number of benzene rings is 4. The van der Waals surface area contributed by atoms with Gasteiger partial charge in [-0.25, -0.2) is 18.6 Å². The Hall–Kier alpha value is -5.16. The second kappa shape index (κ2) is 13.3. The standard InChI is InChI=1S/C30H27N3O7S/c1-3-39-25-16-12-23(13-17-25)30(35)40-27-18-9-21(19-28(27)38-2)20-31-32-29(34)22-10-14-24(15-11-22)33-41(36,37)26-7-5-4-6-8-26/h4-20,33H,3H2,1-2H3,(H,32,34)/b31-20+. The highest BCUT2D eigenvalue weighted by Crippen LogP contribution is 2.28. The van der Waals surface area contributed by atoms with Crippen molar-refractivity contribution in [2.45, 2.75) is 11.8 Å². The third-order valence-electron chi connectivity index (χ3n) is 5.62. The van der Waals surface area contributed by atoms with Gasteiger partial charge in [0.05, 0.1) is 30.4 Å². The van der Waals surface area contributed by atoms with Gasteiger partial charge in [-0.05, 0) is 91.3 Å². The van der Waals surface area contributed by atoms with Crippen molar-refractivity contribution in [2.75, 3.05) is 18.4 Å². The van der Waals surface area contributed by atoms with Crippen LogP contribution >= 0.6 is 0 Å². The highest BCUT2D eigenvalue weighted by Gasteiger charge is 2.15. The van der Waals surface area contributed by atoms with Crippen LogP contribution < -0.4 is 24.4 Å². The first-order valence-electron chi connectivity index (χ1n) is 12.4. The highest BCUT2D eigenvalue weighted by molar-refractivity contribution is 7.92. The van der Waals surface area contributed by atoms with Gasteiger partial charge in [0.1, 0.15) is 5.75 Å². The molecule has 0 aliphatic rings. The van der Waals surface area contributed by atoms with Crippen molar-refractivity contribution in [2.24, 2.45) is 5.10 Å². The first kappa shape index (κ1) is 28.8. The van der Waals surface area contributed by atoms with Crippen LogP contribution in [0.2, 0.25) is 0 Å². The molecule has 0 saturated carbocycles. The van der Waals surface area contributed by atoms with E-state index in [1.54, 1.807) is 60.7 Å². The molecule has 0 aliphatic heterocycles. The minimum atomic E-state index is -3.74.